The molecular formula is C23H22N4O2. The second kappa shape index (κ2) is 8.14. The maximum Gasteiger partial charge on any atom is 0.281 e. The number of imidazole rings is 1. The lowest BCUT2D eigenvalue weighted by Crippen LogP contribution is -2.21. The molecular weight excluding hydrogens is 364 g/mol. The summed E-state index contributed by atoms with van der Waals surface area (Å²) in [5.41, 5.74) is 2.76. The topological polar surface area (TPSA) is 61.9 Å². The van der Waals surface area contributed by atoms with Gasteiger partial charge in [0, 0.05) is 0 Å². The molecule has 0 fully saturated rings. The van der Waals surface area contributed by atoms with Crippen molar-refractivity contribution >= 4 is 16.9 Å². The number of hydrogen-bond donors (Lipinski definition) is 0. The molecule has 29 heavy (non-hydrogen) atoms. The number of rotatable bonds is 7. The summed E-state index contributed by atoms with van der Waals surface area (Å²) in [6, 6.07) is 19.8. The molecule has 0 aliphatic heterocycles. The second-order valence-electron chi connectivity index (χ2n) is 6.70. The Morgan fingerprint density at radius 2 is 1.62 bits per heavy atom. The Morgan fingerprint density at radius 3 is 2.24 bits per heavy atom. The quantitative estimate of drug-likeness (QED) is 0.455. The molecule has 0 saturated carbocycles. The molecule has 146 valence electrons. The summed E-state index contributed by atoms with van der Waals surface area (Å²) in [6.45, 7) is 7.31. The van der Waals surface area contributed by atoms with Crippen LogP contribution in [0.2, 0.25) is 0 Å². The first-order chi connectivity index (χ1) is 14.2. The SMILES string of the molecule is C=C(OCC)c1nc2c(=O)n(Cc3ccccc3)cnc2n1Cc1ccccc1. The molecule has 2 aromatic carbocycles. The Balaban J connectivity index is 1.81. The minimum atomic E-state index is -0.184. The van der Waals surface area contributed by atoms with Gasteiger partial charge in [-0.3, -0.25) is 9.36 Å². The first-order valence-electron chi connectivity index (χ1n) is 9.53. The Labute approximate surface area is 168 Å². The van der Waals surface area contributed by atoms with E-state index in [1.807, 2.05) is 72.2 Å². The van der Waals surface area contributed by atoms with Crippen molar-refractivity contribution in [1.29, 1.82) is 0 Å². The number of aromatic nitrogens is 4. The lowest BCUT2D eigenvalue weighted by molar-refractivity contribution is 0.295. The molecule has 4 aromatic rings. The van der Waals surface area contributed by atoms with Crippen LogP contribution in [0.15, 0.2) is 78.4 Å². The van der Waals surface area contributed by atoms with Crippen LogP contribution in [0, 0.1) is 0 Å². The van der Waals surface area contributed by atoms with E-state index >= 15 is 0 Å². The van der Waals surface area contributed by atoms with Crippen LogP contribution < -0.4 is 5.56 Å². The van der Waals surface area contributed by atoms with Crippen LogP contribution in [-0.4, -0.2) is 25.7 Å². The van der Waals surface area contributed by atoms with Crippen LogP contribution in [0.1, 0.15) is 23.9 Å². The third-order valence-corrected chi connectivity index (χ3v) is 4.67. The Kier molecular flexibility index (Phi) is 5.24. The van der Waals surface area contributed by atoms with Gasteiger partial charge in [0.05, 0.1) is 19.7 Å². The lowest BCUT2D eigenvalue weighted by Gasteiger charge is -2.11. The zero-order chi connectivity index (χ0) is 20.2. The molecule has 0 radical (unpaired) electrons. The smallest absolute Gasteiger partial charge is 0.281 e. The fourth-order valence-electron chi connectivity index (χ4n) is 3.29. The molecule has 0 amide bonds. The predicted molar refractivity (Wildman–Crippen MR) is 114 cm³/mol. The van der Waals surface area contributed by atoms with Gasteiger partial charge in [-0.1, -0.05) is 67.2 Å². The van der Waals surface area contributed by atoms with Crippen molar-refractivity contribution in [2.75, 3.05) is 6.61 Å². The number of nitrogens with zero attached hydrogens (tertiary/aromatic N) is 4. The summed E-state index contributed by atoms with van der Waals surface area (Å²) < 4.78 is 9.05. The summed E-state index contributed by atoms with van der Waals surface area (Å²) in [6.07, 6.45) is 1.58. The van der Waals surface area contributed by atoms with E-state index in [0.29, 0.717) is 42.4 Å². The van der Waals surface area contributed by atoms with E-state index in [-0.39, 0.29) is 5.56 Å². The molecule has 0 aliphatic rings. The zero-order valence-electron chi connectivity index (χ0n) is 16.3. The van der Waals surface area contributed by atoms with Crippen molar-refractivity contribution in [2.24, 2.45) is 0 Å². The molecule has 0 atom stereocenters. The third kappa shape index (κ3) is 3.82. The van der Waals surface area contributed by atoms with Crippen molar-refractivity contribution in [3.05, 3.63) is 101 Å². The van der Waals surface area contributed by atoms with Crippen LogP contribution in [0.25, 0.3) is 16.9 Å². The third-order valence-electron chi connectivity index (χ3n) is 4.67. The van der Waals surface area contributed by atoms with Gasteiger partial charge in [0.1, 0.15) is 6.33 Å². The fraction of sp³-hybridized carbons (Fsp3) is 0.174. The van der Waals surface area contributed by atoms with Gasteiger partial charge >= 0.3 is 0 Å². The van der Waals surface area contributed by atoms with Crippen LogP contribution >= 0.6 is 0 Å². The standard InChI is InChI=1S/C23H22N4O2/c1-3-29-17(2)21-25-20-22(27(21)15-19-12-8-5-9-13-19)24-16-26(23(20)28)14-18-10-6-4-7-11-18/h4-13,16H,2-3,14-15H2,1H3. The van der Waals surface area contributed by atoms with Crippen molar-refractivity contribution in [3.63, 3.8) is 0 Å². The van der Waals surface area contributed by atoms with Gasteiger partial charge < -0.3 is 9.30 Å². The van der Waals surface area contributed by atoms with Gasteiger partial charge in [-0.25, -0.2) is 9.97 Å². The summed E-state index contributed by atoms with van der Waals surface area (Å²) in [5, 5.41) is 0. The van der Waals surface area contributed by atoms with Crippen molar-refractivity contribution in [2.45, 2.75) is 20.0 Å². The van der Waals surface area contributed by atoms with Crippen LogP contribution in [-0.2, 0) is 17.8 Å². The summed E-state index contributed by atoms with van der Waals surface area (Å²) in [5.74, 6) is 0.947. The highest BCUT2D eigenvalue weighted by Gasteiger charge is 2.19. The normalized spacial score (nSPS) is 10.9. The average Bonchev–Trinajstić information content (AvgIpc) is 3.11. The van der Waals surface area contributed by atoms with Gasteiger partial charge in [0.15, 0.2) is 22.7 Å². The van der Waals surface area contributed by atoms with Crippen molar-refractivity contribution in [3.8, 4) is 0 Å². The molecule has 2 heterocycles. The highest BCUT2D eigenvalue weighted by atomic mass is 16.5. The maximum atomic E-state index is 13.1. The average molecular weight is 386 g/mol. The molecule has 6 nitrogen and oxygen atoms in total. The van der Waals surface area contributed by atoms with E-state index in [1.165, 1.54) is 0 Å². The Bertz CT molecular complexity index is 1190. The molecule has 0 spiro atoms. The lowest BCUT2D eigenvalue weighted by atomic mass is 10.2. The van der Waals surface area contributed by atoms with E-state index in [0.717, 1.165) is 11.1 Å². The van der Waals surface area contributed by atoms with E-state index in [2.05, 4.69) is 16.5 Å². The van der Waals surface area contributed by atoms with Gasteiger partial charge in [-0.2, -0.15) is 0 Å². The molecule has 2 aromatic heterocycles. The molecule has 0 N–H and O–H groups in total. The minimum absolute atomic E-state index is 0.184. The molecule has 0 aliphatic carbocycles. The maximum absolute atomic E-state index is 13.1. The molecule has 0 unspecified atom stereocenters. The van der Waals surface area contributed by atoms with Crippen molar-refractivity contribution < 1.29 is 4.74 Å². The van der Waals surface area contributed by atoms with Crippen molar-refractivity contribution in [1.82, 2.24) is 19.1 Å². The number of ether oxygens (including phenoxy) is 1. The van der Waals surface area contributed by atoms with E-state index in [9.17, 15) is 4.79 Å². The summed E-state index contributed by atoms with van der Waals surface area (Å²) in [7, 11) is 0. The zero-order valence-corrected chi connectivity index (χ0v) is 16.3. The number of hydrogen-bond acceptors (Lipinski definition) is 4. The molecule has 0 bridgehead atoms. The number of benzene rings is 2. The largest absolute Gasteiger partial charge is 0.491 e. The van der Waals surface area contributed by atoms with Gasteiger partial charge in [-0.15, -0.1) is 0 Å². The van der Waals surface area contributed by atoms with E-state index in [1.54, 1.807) is 10.9 Å². The van der Waals surface area contributed by atoms with Gasteiger partial charge in [0.25, 0.3) is 5.56 Å². The van der Waals surface area contributed by atoms with E-state index < -0.39 is 0 Å². The second-order valence-corrected chi connectivity index (χ2v) is 6.70. The van der Waals surface area contributed by atoms with Crippen LogP contribution in [0.5, 0.6) is 0 Å². The summed E-state index contributed by atoms with van der Waals surface area (Å²) in [4.78, 5) is 22.2. The van der Waals surface area contributed by atoms with Crippen LogP contribution in [0.4, 0.5) is 0 Å². The molecule has 6 heteroatoms. The van der Waals surface area contributed by atoms with E-state index in [4.69, 9.17) is 4.74 Å². The molecule has 0 saturated heterocycles. The minimum Gasteiger partial charge on any atom is -0.491 e. The summed E-state index contributed by atoms with van der Waals surface area (Å²) >= 11 is 0. The predicted octanol–water partition coefficient (Wildman–Crippen LogP) is 3.70. The highest BCUT2D eigenvalue weighted by molar-refractivity contribution is 5.74. The first kappa shape index (κ1) is 18.7. The molecule has 4 rings (SSSR count). The van der Waals surface area contributed by atoms with Crippen LogP contribution in [0.3, 0.4) is 0 Å². The Morgan fingerprint density at radius 1 is 1.00 bits per heavy atom. The highest BCUT2D eigenvalue weighted by Crippen LogP contribution is 2.20. The fourth-order valence-corrected chi connectivity index (χ4v) is 3.29. The van der Waals surface area contributed by atoms with Gasteiger partial charge in [0.2, 0.25) is 0 Å². The number of fused-ring (bicyclic) bond motifs is 1. The Hall–Kier alpha value is -3.67. The first-order valence-corrected chi connectivity index (χ1v) is 9.53. The van der Waals surface area contributed by atoms with Gasteiger partial charge in [-0.05, 0) is 18.1 Å². The monoisotopic (exact) mass is 386 g/mol.